The first-order chi connectivity index (χ1) is 11.1. The molecular formula is C19H18N2O2. The average molecular weight is 306 g/mol. The number of rotatable bonds is 3. The highest BCUT2D eigenvalue weighted by Crippen LogP contribution is 2.13. The molecule has 1 aromatic heterocycles. The van der Waals surface area contributed by atoms with Crippen LogP contribution in [0.25, 0.3) is 10.9 Å². The monoisotopic (exact) mass is 306 g/mol. The average Bonchev–Trinajstić information content (AvgIpc) is 2.58. The van der Waals surface area contributed by atoms with Crippen molar-refractivity contribution in [1.82, 2.24) is 9.88 Å². The number of para-hydroxylation sites is 1. The molecule has 0 unspecified atom stereocenters. The van der Waals surface area contributed by atoms with Gasteiger partial charge in [-0.05, 0) is 24.6 Å². The molecule has 3 aromatic rings. The maximum Gasteiger partial charge on any atom is 0.257 e. The molecule has 0 saturated carbocycles. The van der Waals surface area contributed by atoms with Crippen molar-refractivity contribution in [1.29, 1.82) is 0 Å². The number of amides is 1. The van der Waals surface area contributed by atoms with Crippen molar-refractivity contribution in [2.24, 2.45) is 7.05 Å². The van der Waals surface area contributed by atoms with Crippen LogP contribution < -0.4 is 10.7 Å². The fourth-order valence-electron chi connectivity index (χ4n) is 2.70. The van der Waals surface area contributed by atoms with E-state index in [4.69, 9.17) is 0 Å². The van der Waals surface area contributed by atoms with E-state index in [1.165, 1.54) is 0 Å². The number of hydrogen-bond donors (Lipinski definition) is 1. The third-order valence-electron chi connectivity index (χ3n) is 3.99. The fourth-order valence-corrected chi connectivity index (χ4v) is 2.70. The Bertz CT molecular complexity index is 914. The van der Waals surface area contributed by atoms with Gasteiger partial charge in [0.15, 0.2) is 0 Å². The van der Waals surface area contributed by atoms with E-state index >= 15 is 0 Å². The molecule has 0 fully saturated rings. The van der Waals surface area contributed by atoms with Crippen molar-refractivity contribution >= 4 is 16.8 Å². The molecule has 1 amide bonds. The number of aromatic nitrogens is 1. The molecule has 0 aliphatic rings. The lowest BCUT2D eigenvalue weighted by molar-refractivity contribution is 0.0938. The van der Waals surface area contributed by atoms with Crippen molar-refractivity contribution in [3.05, 3.63) is 82.1 Å². The minimum Gasteiger partial charge on any atom is -0.350 e. The van der Waals surface area contributed by atoms with Gasteiger partial charge in [0.05, 0.1) is 11.6 Å². The number of pyridine rings is 1. The molecule has 2 aromatic carbocycles. The highest BCUT2D eigenvalue weighted by Gasteiger charge is 2.16. The molecule has 0 radical (unpaired) electrons. The zero-order chi connectivity index (χ0) is 16.4. The van der Waals surface area contributed by atoms with Gasteiger partial charge >= 0.3 is 0 Å². The van der Waals surface area contributed by atoms with Crippen molar-refractivity contribution in [2.75, 3.05) is 0 Å². The first kappa shape index (κ1) is 15.0. The topological polar surface area (TPSA) is 51.1 Å². The Morgan fingerprint density at radius 1 is 1.04 bits per heavy atom. The zero-order valence-electron chi connectivity index (χ0n) is 13.1. The molecule has 1 heterocycles. The van der Waals surface area contributed by atoms with Gasteiger partial charge in [-0.3, -0.25) is 9.59 Å². The van der Waals surface area contributed by atoms with Crippen LogP contribution in [0.1, 0.15) is 28.9 Å². The minimum atomic E-state index is -0.354. The van der Waals surface area contributed by atoms with Crippen LogP contribution in [0.2, 0.25) is 0 Å². The van der Waals surface area contributed by atoms with E-state index in [-0.39, 0.29) is 22.9 Å². The summed E-state index contributed by atoms with van der Waals surface area (Å²) in [6.07, 6.45) is 1.59. The van der Waals surface area contributed by atoms with Crippen molar-refractivity contribution < 1.29 is 4.79 Å². The summed E-state index contributed by atoms with van der Waals surface area (Å²) < 4.78 is 1.80. The molecule has 23 heavy (non-hydrogen) atoms. The van der Waals surface area contributed by atoms with Gasteiger partial charge in [0.1, 0.15) is 5.56 Å². The summed E-state index contributed by atoms with van der Waals surface area (Å²) in [5.74, 6) is -0.354. The molecule has 1 N–H and O–H groups in total. The van der Waals surface area contributed by atoms with E-state index in [0.717, 1.165) is 11.1 Å². The third kappa shape index (κ3) is 2.88. The summed E-state index contributed by atoms with van der Waals surface area (Å²) in [5, 5.41) is 3.44. The summed E-state index contributed by atoms with van der Waals surface area (Å²) in [5.41, 5.74) is 1.73. The van der Waals surface area contributed by atoms with Crippen molar-refractivity contribution in [3.63, 3.8) is 0 Å². The molecule has 0 aliphatic heterocycles. The lowest BCUT2D eigenvalue weighted by Crippen LogP contribution is -2.31. The van der Waals surface area contributed by atoms with Crippen LogP contribution in [-0.2, 0) is 7.05 Å². The molecule has 0 bridgehead atoms. The van der Waals surface area contributed by atoms with Crippen LogP contribution in [-0.4, -0.2) is 10.5 Å². The molecule has 116 valence electrons. The Balaban J connectivity index is 1.96. The SMILES string of the molecule is C[C@@H](NC(=O)c1cn(C)c2ccccc2c1=O)c1ccccc1. The number of nitrogens with zero attached hydrogens (tertiary/aromatic N) is 1. The summed E-state index contributed by atoms with van der Waals surface area (Å²) in [6, 6.07) is 16.8. The normalized spacial score (nSPS) is 12.1. The van der Waals surface area contributed by atoms with Gasteiger partial charge in [0.2, 0.25) is 5.43 Å². The molecule has 3 rings (SSSR count). The predicted octanol–water partition coefficient (Wildman–Crippen LogP) is 3.03. The first-order valence-corrected chi connectivity index (χ1v) is 7.52. The van der Waals surface area contributed by atoms with Crippen LogP contribution in [0.3, 0.4) is 0 Å². The lowest BCUT2D eigenvalue weighted by atomic mass is 10.1. The second-order valence-electron chi connectivity index (χ2n) is 5.61. The van der Waals surface area contributed by atoms with Gasteiger partial charge in [0, 0.05) is 18.6 Å². The Morgan fingerprint density at radius 3 is 2.43 bits per heavy atom. The lowest BCUT2D eigenvalue weighted by Gasteiger charge is -2.15. The Morgan fingerprint density at radius 2 is 1.70 bits per heavy atom. The van der Waals surface area contributed by atoms with Crippen LogP contribution in [0.5, 0.6) is 0 Å². The van der Waals surface area contributed by atoms with Gasteiger partial charge in [0.25, 0.3) is 5.91 Å². The maximum absolute atomic E-state index is 12.6. The maximum atomic E-state index is 12.6. The number of benzene rings is 2. The van der Waals surface area contributed by atoms with Crippen LogP contribution in [0.4, 0.5) is 0 Å². The van der Waals surface area contributed by atoms with E-state index in [2.05, 4.69) is 5.32 Å². The van der Waals surface area contributed by atoms with E-state index < -0.39 is 0 Å². The Hall–Kier alpha value is -2.88. The van der Waals surface area contributed by atoms with E-state index in [1.54, 1.807) is 22.9 Å². The fraction of sp³-hybridized carbons (Fsp3) is 0.158. The number of aryl methyl sites for hydroxylation is 1. The predicted molar refractivity (Wildman–Crippen MR) is 91.5 cm³/mol. The molecule has 1 atom stereocenters. The minimum absolute atomic E-state index is 0.161. The second kappa shape index (κ2) is 6.08. The number of carbonyl (C=O) groups excluding carboxylic acids is 1. The molecule has 0 saturated heterocycles. The van der Waals surface area contributed by atoms with Gasteiger partial charge in [-0.15, -0.1) is 0 Å². The summed E-state index contributed by atoms with van der Waals surface area (Å²) in [4.78, 5) is 25.1. The number of hydrogen-bond acceptors (Lipinski definition) is 2. The van der Waals surface area contributed by atoms with Crippen LogP contribution in [0, 0.1) is 0 Å². The van der Waals surface area contributed by atoms with Crippen molar-refractivity contribution in [2.45, 2.75) is 13.0 Å². The molecule has 0 aliphatic carbocycles. The van der Waals surface area contributed by atoms with Crippen LogP contribution in [0.15, 0.2) is 65.6 Å². The largest absolute Gasteiger partial charge is 0.350 e. The van der Waals surface area contributed by atoms with Gasteiger partial charge in [-0.2, -0.15) is 0 Å². The molecular weight excluding hydrogens is 288 g/mol. The molecule has 4 nitrogen and oxygen atoms in total. The van der Waals surface area contributed by atoms with Gasteiger partial charge in [-0.1, -0.05) is 42.5 Å². The number of carbonyl (C=O) groups is 1. The summed E-state index contributed by atoms with van der Waals surface area (Å²) >= 11 is 0. The smallest absolute Gasteiger partial charge is 0.257 e. The van der Waals surface area contributed by atoms with Gasteiger partial charge < -0.3 is 9.88 Å². The quantitative estimate of drug-likeness (QED) is 0.808. The molecule has 0 spiro atoms. The number of nitrogens with one attached hydrogen (secondary N) is 1. The standard InChI is InChI=1S/C19H18N2O2/c1-13(14-8-4-3-5-9-14)20-19(23)16-12-21(2)17-11-7-6-10-15(17)18(16)22/h3-13H,1-2H3,(H,20,23)/t13-/m1/s1. The highest BCUT2D eigenvalue weighted by molar-refractivity contribution is 5.97. The van der Waals surface area contributed by atoms with Crippen molar-refractivity contribution in [3.8, 4) is 0 Å². The van der Waals surface area contributed by atoms with E-state index in [1.807, 2.05) is 56.4 Å². The molecule has 4 heteroatoms. The van der Waals surface area contributed by atoms with Gasteiger partial charge in [-0.25, -0.2) is 0 Å². The summed E-state index contributed by atoms with van der Waals surface area (Å²) in [6.45, 7) is 1.90. The first-order valence-electron chi connectivity index (χ1n) is 7.52. The van der Waals surface area contributed by atoms with E-state index in [0.29, 0.717) is 5.39 Å². The second-order valence-corrected chi connectivity index (χ2v) is 5.61. The number of fused-ring (bicyclic) bond motifs is 1. The summed E-state index contributed by atoms with van der Waals surface area (Å²) in [7, 11) is 1.83. The Labute approximate surface area is 134 Å². The zero-order valence-corrected chi connectivity index (χ0v) is 13.1. The van der Waals surface area contributed by atoms with E-state index in [9.17, 15) is 9.59 Å². The Kier molecular flexibility index (Phi) is 3.98. The third-order valence-corrected chi connectivity index (χ3v) is 3.99. The highest BCUT2D eigenvalue weighted by atomic mass is 16.2. The van der Waals surface area contributed by atoms with Crippen LogP contribution >= 0.6 is 0 Å².